The van der Waals surface area contributed by atoms with Crippen molar-refractivity contribution in [3.8, 4) is 5.75 Å². The first-order valence-corrected chi connectivity index (χ1v) is 8.06. The van der Waals surface area contributed by atoms with E-state index in [0.29, 0.717) is 5.75 Å². The maximum atomic E-state index is 5.90. The fourth-order valence-electron chi connectivity index (χ4n) is 2.42. The van der Waals surface area contributed by atoms with Crippen molar-refractivity contribution in [1.29, 1.82) is 0 Å². The zero-order chi connectivity index (χ0) is 17.7. The number of benzene rings is 2. The normalized spacial score (nSPS) is 12.0. The van der Waals surface area contributed by atoms with Crippen molar-refractivity contribution in [3.05, 3.63) is 71.9 Å². The largest absolute Gasteiger partial charge is 0.437 e. The number of ether oxygens (including phenoxy) is 3. The lowest BCUT2D eigenvalue weighted by molar-refractivity contribution is -0.308. The van der Waals surface area contributed by atoms with Gasteiger partial charge in [0.25, 0.3) is 0 Å². The van der Waals surface area contributed by atoms with Gasteiger partial charge in [-0.05, 0) is 23.8 Å². The van der Waals surface area contributed by atoms with Crippen molar-refractivity contribution in [1.82, 2.24) is 4.98 Å². The Balaban J connectivity index is 1.96. The van der Waals surface area contributed by atoms with Crippen molar-refractivity contribution in [2.75, 3.05) is 14.2 Å². The average Bonchev–Trinajstić information content (AvgIpc) is 2.67. The van der Waals surface area contributed by atoms with Crippen molar-refractivity contribution in [2.24, 2.45) is 0 Å². The number of aromatic nitrogens is 1. The smallest absolute Gasteiger partial charge is 0.323 e. The van der Waals surface area contributed by atoms with Crippen LogP contribution in [-0.4, -0.2) is 25.2 Å². The fourth-order valence-corrected chi connectivity index (χ4v) is 2.42. The van der Waals surface area contributed by atoms with E-state index in [-0.39, 0.29) is 0 Å². The molecular weight excluding hydrogens is 314 g/mol. The van der Waals surface area contributed by atoms with E-state index in [2.05, 4.69) is 12.1 Å². The summed E-state index contributed by atoms with van der Waals surface area (Å²) in [7, 11) is 3.08. The Morgan fingerprint density at radius 1 is 0.840 bits per heavy atom. The molecule has 0 spiro atoms. The monoisotopic (exact) mass is 335 g/mol. The van der Waals surface area contributed by atoms with Gasteiger partial charge in [0.1, 0.15) is 5.52 Å². The number of pyridine rings is 1. The number of para-hydroxylation sites is 1. The van der Waals surface area contributed by atoms with Gasteiger partial charge in [-0.25, -0.2) is 4.98 Å². The van der Waals surface area contributed by atoms with Crippen LogP contribution in [0.15, 0.2) is 60.7 Å². The van der Waals surface area contributed by atoms with Crippen LogP contribution in [0.25, 0.3) is 23.1 Å². The highest BCUT2D eigenvalue weighted by Gasteiger charge is 2.26. The van der Waals surface area contributed by atoms with Crippen molar-refractivity contribution in [3.63, 3.8) is 0 Å². The zero-order valence-electron chi connectivity index (χ0n) is 14.6. The molecule has 1 aromatic heterocycles. The number of methoxy groups -OCH3 is 2. The molecule has 0 aliphatic carbocycles. The molecule has 0 aliphatic heterocycles. The minimum absolute atomic E-state index is 0.610. The van der Waals surface area contributed by atoms with Crippen LogP contribution in [0.5, 0.6) is 5.75 Å². The summed E-state index contributed by atoms with van der Waals surface area (Å²) >= 11 is 0. The third kappa shape index (κ3) is 4.05. The van der Waals surface area contributed by atoms with Crippen molar-refractivity contribution < 1.29 is 14.2 Å². The average molecular weight is 335 g/mol. The molecule has 0 unspecified atom stereocenters. The molecule has 1 heterocycles. The molecule has 128 valence electrons. The van der Waals surface area contributed by atoms with Crippen LogP contribution >= 0.6 is 0 Å². The molecule has 0 fully saturated rings. The van der Waals surface area contributed by atoms with Gasteiger partial charge in [0.05, 0.1) is 5.69 Å². The third-order valence-electron chi connectivity index (χ3n) is 3.99. The maximum absolute atomic E-state index is 5.90. The number of hydrogen-bond acceptors (Lipinski definition) is 4. The van der Waals surface area contributed by atoms with E-state index in [1.54, 1.807) is 6.92 Å². The van der Waals surface area contributed by atoms with E-state index in [4.69, 9.17) is 19.2 Å². The highest BCUT2D eigenvalue weighted by Crippen LogP contribution is 2.28. The second-order valence-corrected chi connectivity index (χ2v) is 5.68. The van der Waals surface area contributed by atoms with Gasteiger partial charge in [0.2, 0.25) is 0 Å². The molecule has 3 aromatic rings. The van der Waals surface area contributed by atoms with Gasteiger partial charge in [-0.3, -0.25) is 0 Å². The van der Waals surface area contributed by atoms with Gasteiger partial charge < -0.3 is 14.2 Å². The standard InChI is InChI=1S/C21H21NO3/c1-21(23-2,24-3)25-19-11-7-10-17-13-15-18(22-20(17)19)14-12-16-8-5-4-6-9-16/h4-15H,1-3H3. The summed E-state index contributed by atoms with van der Waals surface area (Å²) in [6.45, 7) is 1.71. The molecule has 0 saturated carbocycles. The molecule has 0 atom stereocenters. The van der Waals surface area contributed by atoms with Gasteiger partial charge in [0, 0.05) is 26.5 Å². The predicted octanol–water partition coefficient (Wildman–Crippen LogP) is 4.75. The van der Waals surface area contributed by atoms with Crippen LogP contribution in [0, 0.1) is 0 Å². The lowest BCUT2D eigenvalue weighted by Crippen LogP contribution is -2.36. The number of nitrogens with zero attached hydrogens (tertiary/aromatic N) is 1. The fraction of sp³-hybridized carbons (Fsp3) is 0.190. The summed E-state index contributed by atoms with van der Waals surface area (Å²) in [4.78, 5) is 4.72. The molecule has 0 N–H and O–H groups in total. The van der Waals surface area contributed by atoms with Crippen molar-refractivity contribution >= 4 is 23.1 Å². The maximum Gasteiger partial charge on any atom is 0.323 e. The molecule has 25 heavy (non-hydrogen) atoms. The molecule has 4 heteroatoms. The Morgan fingerprint density at radius 3 is 2.32 bits per heavy atom. The van der Waals surface area contributed by atoms with Crippen LogP contribution in [0.3, 0.4) is 0 Å². The quantitative estimate of drug-likeness (QED) is 0.610. The summed E-state index contributed by atoms with van der Waals surface area (Å²) in [6, 6.07) is 19.9. The molecular formula is C21H21NO3. The van der Waals surface area contributed by atoms with Crippen LogP contribution in [0.4, 0.5) is 0 Å². The van der Waals surface area contributed by atoms with Gasteiger partial charge in [-0.1, -0.05) is 54.6 Å². The van der Waals surface area contributed by atoms with Gasteiger partial charge in [-0.15, -0.1) is 0 Å². The minimum Gasteiger partial charge on any atom is -0.437 e. The minimum atomic E-state index is -1.16. The van der Waals surface area contributed by atoms with Crippen molar-refractivity contribution in [2.45, 2.75) is 12.9 Å². The molecule has 3 rings (SSSR count). The first-order valence-electron chi connectivity index (χ1n) is 8.06. The zero-order valence-corrected chi connectivity index (χ0v) is 14.6. The van der Waals surface area contributed by atoms with Gasteiger partial charge >= 0.3 is 5.97 Å². The Hall–Kier alpha value is -2.69. The van der Waals surface area contributed by atoms with E-state index in [1.165, 1.54) is 14.2 Å². The number of rotatable bonds is 6. The summed E-state index contributed by atoms with van der Waals surface area (Å²) in [5, 5.41) is 0.990. The van der Waals surface area contributed by atoms with Crippen LogP contribution < -0.4 is 4.74 Å². The van der Waals surface area contributed by atoms with Gasteiger partial charge in [-0.2, -0.15) is 0 Å². The van der Waals surface area contributed by atoms with E-state index in [0.717, 1.165) is 22.2 Å². The number of fused-ring (bicyclic) bond motifs is 1. The topological polar surface area (TPSA) is 40.6 Å². The summed E-state index contributed by atoms with van der Waals surface area (Å²) in [6.07, 6.45) is 4.02. The lowest BCUT2D eigenvalue weighted by atomic mass is 10.1. The first kappa shape index (κ1) is 17.1. The molecule has 2 aromatic carbocycles. The molecule has 0 saturated heterocycles. The Labute approximate surface area is 147 Å². The molecule has 0 aliphatic rings. The summed E-state index contributed by atoms with van der Waals surface area (Å²) in [5.74, 6) is -0.551. The van der Waals surface area contributed by atoms with E-state index >= 15 is 0 Å². The number of hydrogen-bond donors (Lipinski definition) is 0. The first-order chi connectivity index (χ1) is 12.1. The highest BCUT2D eigenvalue weighted by molar-refractivity contribution is 5.86. The summed E-state index contributed by atoms with van der Waals surface area (Å²) < 4.78 is 16.5. The van der Waals surface area contributed by atoms with Crippen LogP contribution in [0.2, 0.25) is 0 Å². The molecule has 4 nitrogen and oxygen atoms in total. The molecule has 0 radical (unpaired) electrons. The predicted molar refractivity (Wildman–Crippen MR) is 100 cm³/mol. The highest BCUT2D eigenvalue weighted by atomic mass is 16.9. The third-order valence-corrected chi connectivity index (χ3v) is 3.99. The Kier molecular flexibility index (Phi) is 5.12. The SMILES string of the molecule is COC(C)(OC)Oc1cccc2ccc(C=Cc3ccccc3)nc12. The molecule has 0 bridgehead atoms. The van der Waals surface area contributed by atoms with E-state index < -0.39 is 5.97 Å². The molecule has 0 amide bonds. The van der Waals surface area contributed by atoms with Gasteiger partial charge in [0.15, 0.2) is 5.75 Å². The second kappa shape index (κ2) is 7.47. The second-order valence-electron chi connectivity index (χ2n) is 5.68. The Bertz CT molecular complexity index is 871. The van der Waals surface area contributed by atoms with Crippen LogP contribution in [0.1, 0.15) is 18.2 Å². The lowest BCUT2D eigenvalue weighted by Gasteiger charge is -2.27. The summed E-state index contributed by atoms with van der Waals surface area (Å²) in [5.41, 5.74) is 2.74. The van der Waals surface area contributed by atoms with Crippen LogP contribution in [-0.2, 0) is 9.47 Å². The van der Waals surface area contributed by atoms with E-state index in [9.17, 15) is 0 Å². The Morgan fingerprint density at radius 2 is 1.60 bits per heavy atom. The van der Waals surface area contributed by atoms with E-state index in [1.807, 2.05) is 60.7 Å².